The molecule has 6 nitrogen and oxygen atoms in total. The van der Waals surface area contributed by atoms with Gasteiger partial charge in [-0.3, -0.25) is 9.59 Å². The number of hydrogen-bond donors (Lipinski definition) is 2. The molecule has 6 heteroatoms. The molecule has 0 aromatic heterocycles. The molecule has 4 bridgehead atoms. The Labute approximate surface area is 234 Å². The van der Waals surface area contributed by atoms with Crippen molar-refractivity contribution >= 4 is 22.7 Å². The molecule has 0 radical (unpaired) electrons. The lowest BCUT2D eigenvalue weighted by atomic mass is 9.47. The lowest BCUT2D eigenvalue weighted by Crippen LogP contribution is -2.49. The average Bonchev–Trinajstić information content (AvgIpc) is 2.90. The lowest BCUT2D eigenvalue weighted by molar-refractivity contribution is -0.234. The highest BCUT2D eigenvalue weighted by molar-refractivity contribution is 6.03. The van der Waals surface area contributed by atoms with Crippen LogP contribution in [0.1, 0.15) is 81.1 Å². The summed E-state index contributed by atoms with van der Waals surface area (Å²) in [4.78, 5) is 25.2. The first kappa shape index (κ1) is 25.7. The third kappa shape index (κ3) is 4.24. The molecule has 4 aliphatic carbocycles. The third-order valence-corrected chi connectivity index (χ3v) is 9.89. The highest BCUT2D eigenvalue weighted by atomic mass is 16.7. The summed E-state index contributed by atoms with van der Waals surface area (Å²) in [5, 5.41) is 22.6. The van der Waals surface area contributed by atoms with Crippen LogP contribution in [0.4, 0.5) is 0 Å². The molecule has 4 saturated carbocycles. The van der Waals surface area contributed by atoms with E-state index in [1.807, 2.05) is 30.3 Å². The highest BCUT2D eigenvalue weighted by Crippen LogP contribution is 2.61. The molecule has 1 heterocycles. The summed E-state index contributed by atoms with van der Waals surface area (Å²) < 4.78 is 10.6. The fourth-order valence-electron chi connectivity index (χ4n) is 8.64. The molecule has 1 atom stereocenters. The number of rotatable bonds is 5. The number of aliphatic hydroxyl groups is 2. The van der Waals surface area contributed by atoms with Gasteiger partial charge in [-0.2, -0.15) is 0 Å². The smallest absolute Gasteiger partial charge is 0.328 e. The first-order chi connectivity index (χ1) is 19.1. The molecule has 208 valence electrons. The Morgan fingerprint density at radius 3 is 1.98 bits per heavy atom. The van der Waals surface area contributed by atoms with E-state index in [2.05, 4.69) is 18.2 Å². The van der Waals surface area contributed by atoms with E-state index in [0.29, 0.717) is 5.56 Å². The zero-order chi connectivity index (χ0) is 27.8. The predicted octanol–water partition coefficient (Wildman–Crippen LogP) is 5.92. The second kappa shape index (κ2) is 9.15. The van der Waals surface area contributed by atoms with E-state index >= 15 is 0 Å². The molecule has 5 aliphatic rings. The SMILES string of the molecule is CC1(C)OC(=O)C(c2ccc3cc(-c4ccc(C(O)CO)c(C56CC7CC(CC(C7)C5)C6)c4)ccc3c2)C(=O)O1. The third-order valence-electron chi connectivity index (χ3n) is 9.89. The Morgan fingerprint density at radius 2 is 1.35 bits per heavy atom. The van der Waals surface area contributed by atoms with Gasteiger partial charge in [-0.25, -0.2) is 0 Å². The van der Waals surface area contributed by atoms with E-state index in [4.69, 9.17) is 9.47 Å². The van der Waals surface area contributed by atoms with E-state index in [0.717, 1.165) is 45.2 Å². The van der Waals surface area contributed by atoms with Crippen molar-refractivity contribution in [3.8, 4) is 11.1 Å². The summed E-state index contributed by atoms with van der Waals surface area (Å²) in [6.07, 6.45) is 6.69. The molecule has 8 rings (SSSR count). The van der Waals surface area contributed by atoms with Gasteiger partial charge in [0.2, 0.25) is 0 Å². The Hall–Kier alpha value is -3.22. The van der Waals surface area contributed by atoms with Crippen LogP contribution in [0.2, 0.25) is 0 Å². The van der Waals surface area contributed by atoms with Crippen molar-refractivity contribution in [3.63, 3.8) is 0 Å². The van der Waals surface area contributed by atoms with Gasteiger partial charge in [0.25, 0.3) is 5.79 Å². The highest BCUT2D eigenvalue weighted by Gasteiger charge is 2.52. The lowest BCUT2D eigenvalue weighted by Gasteiger charge is -2.57. The second-order valence-electron chi connectivity index (χ2n) is 13.2. The van der Waals surface area contributed by atoms with E-state index in [-0.39, 0.29) is 12.0 Å². The quantitative estimate of drug-likeness (QED) is 0.308. The summed E-state index contributed by atoms with van der Waals surface area (Å²) in [5.41, 5.74) is 4.88. The van der Waals surface area contributed by atoms with Crippen LogP contribution in [0.3, 0.4) is 0 Å². The fraction of sp³-hybridized carbons (Fsp3) is 0.471. The molecular formula is C34H36O6. The minimum Gasteiger partial charge on any atom is -0.422 e. The molecule has 1 saturated heterocycles. The summed E-state index contributed by atoms with van der Waals surface area (Å²) in [5.74, 6) is -1.23. The van der Waals surface area contributed by atoms with Crippen LogP contribution in [0.25, 0.3) is 21.9 Å². The Balaban J connectivity index is 1.25. The summed E-state index contributed by atoms with van der Waals surface area (Å²) in [7, 11) is 0. The second-order valence-corrected chi connectivity index (χ2v) is 13.2. The monoisotopic (exact) mass is 540 g/mol. The van der Waals surface area contributed by atoms with E-state index in [9.17, 15) is 19.8 Å². The number of benzene rings is 3. The summed E-state index contributed by atoms with van der Waals surface area (Å²) in [6, 6.07) is 18.1. The van der Waals surface area contributed by atoms with Crippen molar-refractivity contribution in [3.05, 3.63) is 71.3 Å². The normalized spacial score (nSPS) is 29.9. The Bertz CT molecular complexity index is 1460. The Morgan fingerprint density at radius 1 is 0.800 bits per heavy atom. The van der Waals surface area contributed by atoms with Crippen LogP contribution in [-0.2, 0) is 24.5 Å². The van der Waals surface area contributed by atoms with Gasteiger partial charge in [-0.15, -0.1) is 0 Å². The minimum atomic E-state index is -1.26. The maximum Gasteiger partial charge on any atom is 0.328 e. The maximum atomic E-state index is 12.6. The van der Waals surface area contributed by atoms with Crippen molar-refractivity contribution in [2.45, 2.75) is 75.6 Å². The summed E-state index contributed by atoms with van der Waals surface area (Å²) >= 11 is 0. The standard InChI is InChI=1S/C34H36O6/c1-33(2)39-31(37)30(32(38)40-33)26-6-5-22-12-23(3-4-24(22)13-26)25-7-8-27(29(36)18-35)28(14-25)34-15-19-9-20(16-34)11-21(10-19)17-34/h3-8,12-14,19-21,29-30,35-36H,9-11,15-18H2,1-2H3. The molecule has 3 aromatic rings. The van der Waals surface area contributed by atoms with Gasteiger partial charge < -0.3 is 19.7 Å². The number of carbonyl (C=O) groups is 2. The molecular weight excluding hydrogens is 504 g/mol. The van der Waals surface area contributed by atoms with Crippen LogP contribution in [0, 0.1) is 17.8 Å². The molecule has 2 N–H and O–H groups in total. The van der Waals surface area contributed by atoms with Crippen molar-refractivity contribution in [2.75, 3.05) is 6.61 Å². The molecule has 1 aliphatic heterocycles. The minimum absolute atomic E-state index is 0.0831. The van der Waals surface area contributed by atoms with Crippen LogP contribution < -0.4 is 0 Å². The number of hydrogen-bond acceptors (Lipinski definition) is 6. The number of aliphatic hydroxyl groups excluding tert-OH is 2. The molecule has 40 heavy (non-hydrogen) atoms. The maximum absolute atomic E-state index is 12.6. The molecule has 0 amide bonds. The summed E-state index contributed by atoms with van der Waals surface area (Å²) in [6.45, 7) is 2.82. The zero-order valence-corrected chi connectivity index (χ0v) is 23.1. The van der Waals surface area contributed by atoms with Crippen molar-refractivity contribution in [2.24, 2.45) is 17.8 Å². The number of fused-ring (bicyclic) bond motifs is 1. The van der Waals surface area contributed by atoms with Gasteiger partial charge >= 0.3 is 11.9 Å². The number of esters is 2. The molecule has 0 spiro atoms. The predicted molar refractivity (Wildman–Crippen MR) is 150 cm³/mol. The van der Waals surface area contributed by atoms with Gasteiger partial charge in [0.15, 0.2) is 5.92 Å². The number of carbonyl (C=O) groups excluding carboxylic acids is 2. The van der Waals surface area contributed by atoms with Gasteiger partial charge in [0, 0.05) is 13.8 Å². The van der Waals surface area contributed by atoms with Crippen molar-refractivity contribution < 1.29 is 29.3 Å². The fourth-order valence-corrected chi connectivity index (χ4v) is 8.64. The van der Waals surface area contributed by atoms with Crippen molar-refractivity contribution in [1.82, 2.24) is 0 Å². The van der Waals surface area contributed by atoms with Crippen LogP contribution in [0.15, 0.2) is 54.6 Å². The zero-order valence-electron chi connectivity index (χ0n) is 23.1. The van der Waals surface area contributed by atoms with E-state index in [1.165, 1.54) is 44.1 Å². The molecule has 3 aromatic carbocycles. The first-order valence-electron chi connectivity index (χ1n) is 14.6. The van der Waals surface area contributed by atoms with E-state index in [1.54, 1.807) is 19.9 Å². The van der Waals surface area contributed by atoms with Gasteiger partial charge in [-0.05, 0) is 112 Å². The first-order valence-corrected chi connectivity index (χ1v) is 14.6. The van der Waals surface area contributed by atoms with Gasteiger partial charge in [0.1, 0.15) is 6.10 Å². The Kier molecular flexibility index (Phi) is 5.88. The van der Waals surface area contributed by atoms with Gasteiger partial charge in [0.05, 0.1) is 6.61 Å². The number of ether oxygens (including phenoxy) is 2. The van der Waals surface area contributed by atoms with Crippen LogP contribution in [0.5, 0.6) is 0 Å². The largest absolute Gasteiger partial charge is 0.422 e. The topological polar surface area (TPSA) is 93.1 Å². The van der Waals surface area contributed by atoms with Crippen LogP contribution in [-0.4, -0.2) is 34.5 Å². The van der Waals surface area contributed by atoms with Gasteiger partial charge in [-0.1, -0.05) is 42.5 Å². The number of cyclic esters (lactones) is 2. The van der Waals surface area contributed by atoms with E-state index < -0.39 is 29.7 Å². The average molecular weight is 541 g/mol. The molecule has 5 fully saturated rings. The van der Waals surface area contributed by atoms with Crippen molar-refractivity contribution in [1.29, 1.82) is 0 Å². The van der Waals surface area contributed by atoms with Crippen LogP contribution >= 0.6 is 0 Å². The molecule has 1 unspecified atom stereocenters.